The Labute approximate surface area is 270 Å². The van der Waals surface area contributed by atoms with E-state index in [2.05, 4.69) is 159 Å². The van der Waals surface area contributed by atoms with Crippen LogP contribution in [0.5, 0.6) is 0 Å². The van der Waals surface area contributed by atoms with Crippen LogP contribution in [0.15, 0.2) is 146 Å². The molecule has 0 N–H and O–H groups in total. The molecule has 0 unspecified atom stereocenters. The Morgan fingerprint density at radius 2 is 0.698 bits per heavy atom. The zero-order valence-corrected chi connectivity index (χ0v) is 26.6. The molecule has 8 aromatic carbocycles. The minimum Gasteiger partial charge on any atom is -1.00 e. The summed E-state index contributed by atoms with van der Waals surface area (Å²) in [6.07, 6.45) is 0. The number of aryl methyl sites for hydroxylation is 2. The van der Waals surface area contributed by atoms with Gasteiger partial charge in [0.1, 0.15) is 0 Å². The van der Waals surface area contributed by atoms with E-state index in [-0.39, 0.29) is 35.6 Å². The SMILES string of the molecule is Cc1cc2c(-c3cccc4ccccc34)cccc2[cH-]1.Cc1cc2c(-c3cccc4ccccc34)cccc2[cH-]1.[F-].[F-].[Zr+4]. The molecule has 0 nitrogen and oxygen atoms in total. The van der Waals surface area contributed by atoms with Crippen molar-refractivity contribution >= 4 is 43.1 Å². The molecule has 0 bridgehead atoms. The summed E-state index contributed by atoms with van der Waals surface area (Å²) in [6.45, 7) is 4.32. The van der Waals surface area contributed by atoms with Crippen LogP contribution in [0.4, 0.5) is 0 Å². The molecule has 3 heteroatoms. The minimum absolute atomic E-state index is 0. The van der Waals surface area contributed by atoms with Gasteiger partial charge in [0, 0.05) is 0 Å². The van der Waals surface area contributed by atoms with Crippen molar-refractivity contribution in [1.29, 1.82) is 0 Å². The average Bonchev–Trinajstić information content (AvgIpc) is 3.57. The maximum Gasteiger partial charge on any atom is 4.00 e. The summed E-state index contributed by atoms with van der Waals surface area (Å²) in [5.41, 5.74) is 7.94. The molecule has 0 atom stereocenters. The Morgan fingerprint density at radius 3 is 1.12 bits per heavy atom. The van der Waals surface area contributed by atoms with E-state index in [0.29, 0.717) is 0 Å². The van der Waals surface area contributed by atoms with Crippen LogP contribution >= 0.6 is 0 Å². The second kappa shape index (κ2) is 13.4. The van der Waals surface area contributed by atoms with E-state index in [4.69, 9.17) is 0 Å². The molecule has 0 spiro atoms. The molecule has 0 amide bonds. The molecule has 43 heavy (non-hydrogen) atoms. The third-order valence-corrected chi connectivity index (χ3v) is 7.95. The van der Waals surface area contributed by atoms with E-state index in [1.807, 2.05) is 0 Å². The molecule has 0 aliphatic rings. The van der Waals surface area contributed by atoms with Crippen LogP contribution in [-0.2, 0) is 26.2 Å². The monoisotopic (exact) mass is 638 g/mol. The number of hydrogen-bond donors (Lipinski definition) is 0. The fraction of sp³-hybridized carbons (Fsp3) is 0.0500. The van der Waals surface area contributed by atoms with Crippen LogP contribution in [0.2, 0.25) is 0 Å². The van der Waals surface area contributed by atoms with Crippen molar-refractivity contribution in [2.24, 2.45) is 0 Å². The molecule has 0 fully saturated rings. The third-order valence-electron chi connectivity index (χ3n) is 7.95. The predicted molar refractivity (Wildman–Crippen MR) is 174 cm³/mol. The molecule has 0 radical (unpaired) electrons. The quantitative estimate of drug-likeness (QED) is 0.223. The van der Waals surface area contributed by atoms with Crippen LogP contribution in [0, 0.1) is 13.8 Å². The number of halogens is 2. The second-order valence-corrected chi connectivity index (χ2v) is 10.7. The van der Waals surface area contributed by atoms with Crippen molar-refractivity contribution in [3.05, 3.63) is 157 Å². The van der Waals surface area contributed by atoms with E-state index in [1.165, 1.54) is 76.5 Å². The van der Waals surface area contributed by atoms with Crippen molar-refractivity contribution in [1.82, 2.24) is 0 Å². The number of hydrogen-bond acceptors (Lipinski definition) is 0. The van der Waals surface area contributed by atoms with E-state index < -0.39 is 0 Å². The molecule has 0 heterocycles. The van der Waals surface area contributed by atoms with Gasteiger partial charge >= 0.3 is 26.2 Å². The van der Waals surface area contributed by atoms with Crippen LogP contribution in [0.1, 0.15) is 11.1 Å². The van der Waals surface area contributed by atoms with Gasteiger partial charge in [-0.2, -0.15) is 12.1 Å². The van der Waals surface area contributed by atoms with Gasteiger partial charge in [0.25, 0.3) is 0 Å². The molecule has 8 rings (SSSR count). The molecule has 0 saturated carbocycles. The van der Waals surface area contributed by atoms with Crippen molar-refractivity contribution < 1.29 is 35.6 Å². The molecule has 0 aromatic heterocycles. The van der Waals surface area contributed by atoms with Gasteiger partial charge < -0.3 is 9.41 Å². The van der Waals surface area contributed by atoms with Gasteiger partial charge in [-0.05, 0) is 32.7 Å². The van der Waals surface area contributed by atoms with Gasteiger partial charge in [-0.3, -0.25) is 0 Å². The van der Waals surface area contributed by atoms with E-state index in [1.54, 1.807) is 0 Å². The van der Waals surface area contributed by atoms with Crippen molar-refractivity contribution in [3.63, 3.8) is 0 Å². The topological polar surface area (TPSA) is 0 Å². The first-order valence-corrected chi connectivity index (χ1v) is 13.9. The number of rotatable bonds is 2. The van der Waals surface area contributed by atoms with Gasteiger partial charge in [-0.25, -0.2) is 0 Å². The molecule has 0 saturated heterocycles. The Bertz CT molecular complexity index is 1980. The minimum atomic E-state index is 0. The van der Waals surface area contributed by atoms with Crippen LogP contribution < -0.4 is 9.41 Å². The van der Waals surface area contributed by atoms with Crippen LogP contribution in [0.3, 0.4) is 0 Å². The maximum absolute atomic E-state index is 2.28. The Kier molecular flexibility index (Phi) is 9.89. The fourth-order valence-electron chi connectivity index (χ4n) is 6.16. The Hall–Kier alpha value is -4.20. The summed E-state index contributed by atoms with van der Waals surface area (Å²) in [5.74, 6) is 0. The maximum atomic E-state index is 2.28. The Morgan fingerprint density at radius 1 is 0.372 bits per heavy atom. The molecular formula is C40H30F2Zr. The number of fused-ring (bicyclic) bond motifs is 4. The second-order valence-electron chi connectivity index (χ2n) is 10.7. The largest absolute Gasteiger partial charge is 4.00 e. The summed E-state index contributed by atoms with van der Waals surface area (Å²) in [5, 5.41) is 10.6. The zero-order chi connectivity index (χ0) is 27.1. The normalized spacial score (nSPS) is 10.5. The predicted octanol–water partition coefficient (Wildman–Crippen LogP) is 5.38. The van der Waals surface area contributed by atoms with Crippen molar-refractivity contribution in [2.45, 2.75) is 13.8 Å². The summed E-state index contributed by atoms with van der Waals surface area (Å²) < 4.78 is 0. The first-order valence-electron chi connectivity index (χ1n) is 13.9. The molecule has 0 aliphatic heterocycles. The van der Waals surface area contributed by atoms with E-state index in [9.17, 15) is 0 Å². The van der Waals surface area contributed by atoms with Crippen LogP contribution in [0.25, 0.3) is 65.3 Å². The first-order chi connectivity index (χ1) is 19.7. The first kappa shape index (κ1) is 31.7. The van der Waals surface area contributed by atoms with Gasteiger partial charge in [0.2, 0.25) is 0 Å². The molecule has 8 aromatic rings. The van der Waals surface area contributed by atoms with E-state index in [0.717, 1.165) is 0 Å². The van der Waals surface area contributed by atoms with Gasteiger partial charge in [0.05, 0.1) is 0 Å². The standard InChI is InChI=1S/2C20H15.2FH.Zr/c2*1-14-12-16-8-5-11-19(20(16)13-14)18-10-4-7-15-6-2-3-9-17(15)18;;;/h2*2-13H,1H3;2*1H;/q2*-1;;;+4/p-2. The summed E-state index contributed by atoms with van der Waals surface area (Å²) in [4.78, 5) is 0. The average molecular weight is 640 g/mol. The summed E-state index contributed by atoms with van der Waals surface area (Å²) in [7, 11) is 0. The van der Waals surface area contributed by atoms with Gasteiger partial charge in [-0.1, -0.05) is 122 Å². The smallest absolute Gasteiger partial charge is 1.00 e. The third kappa shape index (κ3) is 6.01. The van der Waals surface area contributed by atoms with E-state index >= 15 is 0 Å². The fourth-order valence-corrected chi connectivity index (χ4v) is 6.16. The van der Waals surface area contributed by atoms with Crippen LogP contribution in [-0.4, -0.2) is 0 Å². The van der Waals surface area contributed by atoms with Crippen molar-refractivity contribution in [2.75, 3.05) is 0 Å². The summed E-state index contributed by atoms with van der Waals surface area (Å²) >= 11 is 0. The van der Waals surface area contributed by atoms with Crippen molar-refractivity contribution in [3.8, 4) is 22.3 Å². The molecule has 208 valence electrons. The van der Waals surface area contributed by atoms with Gasteiger partial charge in [-0.15, -0.1) is 69.1 Å². The van der Waals surface area contributed by atoms with Gasteiger partial charge in [0.15, 0.2) is 0 Å². The molecule has 0 aliphatic carbocycles. The molecular weight excluding hydrogens is 610 g/mol. The number of benzene rings is 6. The Balaban J connectivity index is 0.000000184. The zero-order valence-electron chi connectivity index (χ0n) is 24.1. The summed E-state index contributed by atoms with van der Waals surface area (Å²) in [6, 6.07) is 52.5.